The number of aldehydes is 1. The van der Waals surface area contributed by atoms with Crippen molar-refractivity contribution in [1.82, 2.24) is 0 Å². The van der Waals surface area contributed by atoms with Crippen LogP contribution in [0.5, 0.6) is 0 Å². The number of allylic oxidation sites excluding steroid dienone is 1. The topological polar surface area (TPSA) is 17.1 Å². The molecule has 0 N–H and O–H groups in total. The van der Waals surface area contributed by atoms with Crippen LogP contribution < -0.4 is 0 Å². The molecule has 0 amide bonds. The molecule has 0 saturated heterocycles. The summed E-state index contributed by atoms with van der Waals surface area (Å²) in [6, 6.07) is 14.1. The molecule has 84 valence electrons. The first kappa shape index (κ1) is 11.3. The van der Waals surface area contributed by atoms with E-state index >= 15 is 0 Å². The van der Waals surface area contributed by atoms with Gasteiger partial charge in [0.05, 0.1) is 0 Å². The molecule has 1 nitrogen and oxygen atoms in total. The molecule has 0 aliphatic rings. The molecule has 0 bridgehead atoms. The fourth-order valence-corrected chi connectivity index (χ4v) is 1.58. The number of benzene rings is 2. The van der Waals surface area contributed by atoms with Crippen molar-refractivity contribution in [3.8, 4) is 11.1 Å². The molecule has 0 heterocycles. The Labute approximate surface area is 99.2 Å². The minimum atomic E-state index is -0.237. The predicted octanol–water partition coefficient (Wildman–Crippen LogP) is 3.70. The van der Waals surface area contributed by atoms with Crippen LogP contribution in [0.3, 0.4) is 0 Å². The fraction of sp³-hybridized carbons (Fsp3) is 0. The largest absolute Gasteiger partial charge is 0.299 e. The van der Waals surface area contributed by atoms with Crippen LogP contribution >= 0.6 is 0 Å². The summed E-state index contributed by atoms with van der Waals surface area (Å²) in [7, 11) is 0. The summed E-state index contributed by atoms with van der Waals surface area (Å²) < 4.78 is 12.8. The molecular formula is C15H11FO. The molecule has 0 aliphatic heterocycles. The maximum absolute atomic E-state index is 12.8. The molecule has 2 aromatic rings. The van der Waals surface area contributed by atoms with Gasteiger partial charge in [0.1, 0.15) is 12.1 Å². The summed E-state index contributed by atoms with van der Waals surface area (Å²) in [4.78, 5) is 10.2. The van der Waals surface area contributed by atoms with Crippen molar-refractivity contribution in [3.63, 3.8) is 0 Å². The van der Waals surface area contributed by atoms with E-state index in [4.69, 9.17) is 0 Å². The molecule has 2 heteroatoms. The second-order valence-electron chi connectivity index (χ2n) is 3.62. The van der Waals surface area contributed by atoms with Crippen LogP contribution in [-0.4, -0.2) is 6.29 Å². The first-order chi connectivity index (χ1) is 8.29. The zero-order chi connectivity index (χ0) is 12.1. The summed E-state index contributed by atoms with van der Waals surface area (Å²) in [5.74, 6) is -0.237. The van der Waals surface area contributed by atoms with Crippen LogP contribution in [0.2, 0.25) is 0 Å². The van der Waals surface area contributed by atoms with Crippen molar-refractivity contribution in [1.29, 1.82) is 0 Å². The van der Waals surface area contributed by atoms with Crippen molar-refractivity contribution in [3.05, 3.63) is 66.0 Å². The minimum Gasteiger partial charge on any atom is -0.299 e. The third-order valence-corrected chi connectivity index (χ3v) is 2.46. The highest BCUT2D eigenvalue weighted by atomic mass is 19.1. The zero-order valence-corrected chi connectivity index (χ0v) is 9.14. The summed E-state index contributed by atoms with van der Waals surface area (Å²) in [6.45, 7) is 0. The minimum absolute atomic E-state index is 0.237. The lowest BCUT2D eigenvalue weighted by Gasteiger charge is -2.02. The van der Waals surface area contributed by atoms with Crippen LogP contribution in [0.1, 0.15) is 5.56 Å². The molecule has 2 aromatic carbocycles. The Hall–Kier alpha value is -2.22. The van der Waals surface area contributed by atoms with E-state index < -0.39 is 0 Å². The second kappa shape index (κ2) is 5.21. The lowest BCUT2D eigenvalue weighted by molar-refractivity contribution is -0.104. The van der Waals surface area contributed by atoms with E-state index in [0.29, 0.717) is 0 Å². The highest BCUT2D eigenvalue weighted by Gasteiger charge is 1.97. The van der Waals surface area contributed by atoms with Crippen molar-refractivity contribution in [2.45, 2.75) is 0 Å². The fourth-order valence-electron chi connectivity index (χ4n) is 1.58. The smallest absolute Gasteiger partial charge is 0.142 e. The molecule has 0 spiro atoms. The van der Waals surface area contributed by atoms with E-state index in [1.54, 1.807) is 18.2 Å². The zero-order valence-electron chi connectivity index (χ0n) is 9.14. The quantitative estimate of drug-likeness (QED) is 0.576. The van der Waals surface area contributed by atoms with Gasteiger partial charge in [0, 0.05) is 0 Å². The van der Waals surface area contributed by atoms with E-state index in [-0.39, 0.29) is 5.82 Å². The Morgan fingerprint density at radius 3 is 1.88 bits per heavy atom. The normalized spacial score (nSPS) is 10.6. The maximum Gasteiger partial charge on any atom is 0.142 e. The highest BCUT2D eigenvalue weighted by Crippen LogP contribution is 2.20. The van der Waals surface area contributed by atoms with Crippen molar-refractivity contribution >= 4 is 12.4 Å². The highest BCUT2D eigenvalue weighted by molar-refractivity contribution is 5.74. The predicted molar refractivity (Wildman–Crippen MR) is 66.9 cm³/mol. The Kier molecular flexibility index (Phi) is 3.46. The maximum atomic E-state index is 12.8. The van der Waals surface area contributed by atoms with Gasteiger partial charge in [0.15, 0.2) is 0 Å². The molecule has 2 rings (SSSR count). The number of carbonyl (C=O) groups excluding carboxylic acids is 1. The van der Waals surface area contributed by atoms with E-state index in [1.165, 1.54) is 18.2 Å². The Bertz CT molecular complexity index is 524. The van der Waals surface area contributed by atoms with Gasteiger partial charge < -0.3 is 0 Å². The standard InChI is InChI=1S/C15H11FO/c16-15-9-7-14(8-10-15)13-5-3-12(4-6-13)2-1-11-17/h1-11H. The van der Waals surface area contributed by atoms with E-state index in [2.05, 4.69) is 0 Å². The lowest BCUT2D eigenvalue weighted by atomic mass is 10.0. The number of hydrogen-bond donors (Lipinski definition) is 0. The van der Waals surface area contributed by atoms with Gasteiger partial charge in [-0.1, -0.05) is 42.5 Å². The van der Waals surface area contributed by atoms with Crippen LogP contribution in [0.4, 0.5) is 4.39 Å². The molecule has 0 atom stereocenters. The molecular weight excluding hydrogens is 215 g/mol. The van der Waals surface area contributed by atoms with E-state index in [0.717, 1.165) is 23.0 Å². The molecule has 17 heavy (non-hydrogen) atoms. The first-order valence-electron chi connectivity index (χ1n) is 5.27. The van der Waals surface area contributed by atoms with Crippen LogP contribution in [0, 0.1) is 5.82 Å². The van der Waals surface area contributed by atoms with Crippen molar-refractivity contribution in [2.24, 2.45) is 0 Å². The lowest BCUT2D eigenvalue weighted by Crippen LogP contribution is -1.79. The molecule has 0 aromatic heterocycles. The average Bonchev–Trinajstić information content (AvgIpc) is 2.38. The number of rotatable bonds is 3. The van der Waals surface area contributed by atoms with Gasteiger partial charge >= 0.3 is 0 Å². The number of halogens is 1. The average molecular weight is 226 g/mol. The van der Waals surface area contributed by atoms with Gasteiger partial charge in [-0.2, -0.15) is 0 Å². The first-order valence-corrected chi connectivity index (χ1v) is 5.27. The molecule has 0 radical (unpaired) electrons. The molecule has 0 aliphatic carbocycles. The van der Waals surface area contributed by atoms with Gasteiger partial charge in [-0.3, -0.25) is 4.79 Å². The molecule has 0 fully saturated rings. The Morgan fingerprint density at radius 1 is 0.824 bits per heavy atom. The summed E-state index contributed by atoms with van der Waals surface area (Å²) in [6.07, 6.45) is 3.93. The second-order valence-corrected chi connectivity index (χ2v) is 3.62. The molecule has 0 unspecified atom stereocenters. The van der Waals surface area contributed by atoms with Gasteiger partial charge in [-0.25, -0.2) is 4.39 Å². The number of hydrogen-bond acceptors (Lipinski definition) is 1. The van der Waals surface area contributed by atoms with Crippen LogP contribution in [0.25, 0.3) is 17.2 Å². The van der Waals surface area contributed by atoms with Gasteiger partial charge in [0.25, 0.3) is 0 Å². The van der Waals surface area contributed by atoms with Gasteiger partial charge in [-0.15, -0.1) is 0 Å². The Balaban J connectivity index is 2.26. The third-order valence-electron chi connectivity index (χ3n) is 2.46. The van der Waals surface area contributed by atoms with Crippen LogP contribution in [-0.2, 0) is 4.79 Å². The SMILES string of the molecule is O=CC=Cc1ccc(-c2ccc(F)cc2)cc1. The summed E-state index contributed by atoms with van der Waals surface area (Å²) >= 11 is 0. The molecule has 0 saturated carbocycles. The summed E-state index contributed by atoms with van der Waals surface area (Å²) in [5.41, 5.74) is 2.95. The van der Waals surface area contributed by atoms with E-state index in [9.17, 15) is 9.18 Å². The number of carbonyl (C=O) groups is 1. The van der Waals surface area contributed by atoms with Gasteiger partial charge in [0.2, 0.25) is 0 Å². The van der Waals surface area contributed by atoms with E-state index in [1.807, 2.05) is 24.3 Å². The van der Waals surface area contributed by atoms with Crippen LogP contribution in [0.15, 0.2) is 54.6 Å². The third kappa shape index (κ3) is 2.88. The van der Waals surface area contributed by atoms with Crippen molar-refractivity contribution < 1.29 is 9.18 Å². The van der Waals surface area contributed by atoms with Crippen molar-refractivity contribution in [2.75, 3.05) is 0 Å². The monoisotopic (exact) mass is 226 g/mol. The van der Waals surface area contributed by atoms with Gasteiger partial charge in [-0.05, 0) is 34.9 Å². The Morgan fingerprint density at radius 2 is 1.35 bits per heavy atom. The summed E-state index contributed by atoms with van der Waals surface area (Å²) in [5, 5.41) is 0.